The van der Waals surface area contributed by atoms with Gasteiger partial charge in [0.25, 0.3) is 0 Å². The quantitative estimate of drug-likeness (QED) is 0.375. The molecule has 0 bridgehead atoms. The first-order valence-corrected chi connectivity index (χ1v) is 10.0. The normalized spacial score (nSPS) is 12.6. The molecule has 4 N–H and O–H groups in total. The van der Waals surface area contributed by atoms with Crippen LogP contribution in [0.2, 0.25) is 5.02 Å². The molecule has 0 radical (unpaired) electrons. The van der Waals surface area contributed by atoms with Gasteiger partial charge >= 0.3 is 6.03 Å². The van der Waals surface area contributed by atoms with E-state index in [2.05, 4.69) is 21.2 Å². The number of aliphatic hydroxyl groups is 1. The van der Waals surface area contributed by atoms with Crippen LogP contribution >= 0.6 is 11.6 Å². The number of aliphatic hydroxyl groups excluding tert-OH is 1. The molecule has 0 aliphatic carbocycles. The van der Waals surface area contributed by atoms with Crippen molar-refractivity contribution in [2.75, 3.05) is 18.5 Å². The van der Waals surface area contributed by atoms with Gasteiger partial charge in [0.15, 0.2) is 0 Å². The summed E-state index contributed by atoms with van der Waals surface area (Å²) in [5.41, 5.74) is 4.66. The van der Waals surface area contributed by atoms with Gasteiger partial charge in [0.2, 0.25) is 0 Å². The molecule has 0 aliphatic heterocycles. The molecule has 0 heterocycles. The highest BCUT2D eigenvalue weighted by molar-refractivity contribution is 6.30. The molecule has 7 nitrogen and oxygen atoms in total. The molecule has 2 rings (SSSR count). The number of aryl methyl sites for hydroxylation is 1. The monoisotopic (exact) mass is 432 g/mol. The smallest absolute Gasteiger partial charge is 0.339 e. The highest BCUT2D eigenvalue weighted by atomic mass is 35.5. The Morgan fingerprint density at radius 3 is 2.60 bits per heavy atom. The van der Waals surface area contributed by atoms with E-state index in [-0.39, 0.29) is 12.1 Å². The predicted molar refractivity (Wildman–Crippen MR) is 122 cm³/mol. The van der Waals surface area contributed by atoms with Crippen LogP contribution in [0.1, 0.15) is 31.9 Å². The number of hydrazone groups is 1. The molecule has 0 saturated heterocycles. The Balaban J connectivity index is 1.92. The van der Waals surface area contributed by atoms with Crippen LogP contribution < -0.4 is 20.8 Å². The number of anilines is 1. The fourth-order valence-electron chi connectivity index (χ4n) is 2.38. The maximum absolute atomic E-state index is 12.0. The van der Waals surface area contributed by atoms with Crippen LogP contribution in [0.4, 0.5) is 10.5 Å². The van der Waals surface area contributed by atoms with Gasteiger partial charge < -0.3 is 20.5 Å². The van der Waals surface area contributed by atoms with E-state index in [1.807, 2.05) is 39.8 Å². The van der Waals surface area contributed by atoms with Crippen LogP contribution in [-0.4, -0.2) is 42.1 Å². The number of amides is 2. The molecule has 0 fully saturated rings. The molecule has 162 valence electrons. The lowest BCUT2D eigenvalue weighted by Gasteiger charge is -2.23. The van der Waals surface area contributed by atoms with E-state index >= 15 is 0 Å². The van der Waals surface area contributed by atoms with Crippen molar-refractivity contribution in [2.45, 2.75) is 39.3 Å². The van der Waals surface area contributed by atoms with E-state index in [0.717, 1.165) is 5.56 Å². The summed E-state index contributed by atoms with van der Waals surface area (Å²) in [6, 6.07) is 12.0. The minimum atomic E-state index is -0.678. The van der Waals surface area contributed by atoms with Crippen molar-refractivity contribution in [3.05, 3.63) is 58.6 Å². The second-order valence-electron chi connectivity index (χ2n) is 7.97. The minimum absolute atomic E-state index is 0.0934. The second kappa shape index (κ2) is 11.0. The summed E-state index contributed by atoms with van der Waals surface area (Å²) in [6.45, 7) is 8.55. The molecule has 0 spiro atoms. The number of ether oxygens (including phenoxy) is 1. The Labute approximate surface area is 182 Å². The van der Waals surface area contributed by atoms with Gasteiger partial charge in [-0.05, 0) is 58.0 Å². The Bertz CT molecular complexity index is 864. The number of hydrogen-bond donors (Lipinski definition) is 4. The highest BCUT2D eigenvalue weighted by Gasteiger charge is 2.13. The van der Waals surface area contributed by atoms with Crippen molar-refractivity contribution in [3.8, 4) is 5.75 Å². The van der Waals surface area contributed by atoms with Crippen LogP contribution in [-0.2, 0) is 0 Å². The van der Waals surface area contributed by atoms with Crippen molar-refractivity contribution in [3.63, 3.8) is 0 Å². The maximum Gasteiger partial charge on any atom is 0.339 e. The largest absolute Gasteiger partial charge is 0.490 e. The maximum atomic E-state index is 12.0. The number of nitrogens with one attached hydrogen (secondary N) is 3. The van der Waals surface area contributed by atoms with Crippen molar-refractivity contribution in [1.82, 2.24) is 10.7 Å². The summed E-state index contributed by atoms with van der Waals surface area (Å²) in [7, 11) is 0. The molecule has 1 atom stereocenters. The Morgan fingerprint density at radius 1 is 1.23 bits per heavy atom. The van der Waals surface area contributed by atoms with Crippen molar-refractivity contribution < 1.29 is 14.6 Å². The standard InChI is InChI=1S/C22H29ClN4O3/c1-15-5-8-18(9-6-15)26-21(29)27-25-12-16-11-17(23)7-10-20(16)30-14-19(28)13-24-22(2,3)4/h5-12,19,24,28H,13-14H2,1-4H3,(H2,26,27,29)/b25-12+. The number of rotatable bonds is 8. The molecule has 0 aliphatic rings. The molecule has 30 heavy (non-hydrogen) atoms. The molecular weight excluding hydrogens is 404 g/mol. The minimum Gasteiger partial charge on any atom is -0.490 e. The highest BCUT2D eigenvalue weighted by Crippen LogP contribution is 2.21. The lowest BCUT2D eigenvalue weighted by molar-refractivity contribution is 0.1000. The van der Waals surface area contributed by atoms with Gasteiger partial charge in [0, 0.05) is 28.4 Å². The summed E-state index contributed by atoms with van der Waals surface area (Å²) in [6.07, 6.45) is 0.763. The van der Waals surface area contributed by atoms with Crippen LogP contribution in [0.3, 0.4) is 0 Å². The second-order valence-corrected chi connectivity index (χ2v) is 8.40. The number of urea groups is 1. The summed E-state index contributed by atoms with van der Waals surface area (Å²) in [4.78, 5) is 12.0. The zero-order valence-corrected chi connectivity index (χ0v) is 18.5. The Morgan fingerprint density at radius 2 is 1.93 bits per heavy atom. The van der Waals surface area contributed by atoms with E-state index < -0.39 is 12.1 Å². The predicted octanol–water partition coefficient (Wildman–Crippen LogP) is 3.93. The van der Waals surface area contributed by atoms with Gasteiger partial charge in [-0.3, -0.25) is 0 Å². The van der Waals surface area contributed by atoms with Gasteiger partial charge in [0.1, 0.15) is 18.5 Å². The third-order valence-electron chi connectivity index (χ3n) is 3.95. The fourth-order valence-corrected chi connectivity index (χ4v) is 2.56. The number of halogens is 1. The van der Waals surface area contributed by atoms with Gasteiger partial charge in [-0.15, -0.1) is 0 Å². The number of nitrogens with zero attached hydrogens (tertiary/aromatic N) is 1. The average Bonchev–Trinajstić information content (AvgIpc) is 2.67. The number of hydrogen-bond acceptors (Lipinski definition) is 5. The first-order chi connectivity index (χ1) is 14.1. The van der Waals surface area contributed by atoms with Gasteiger partial charge in [-0.25, -0.2) is 10.2 Å². The molecule has 2 amide bonds. The third kappa shape index (κ3) is 8.82. The molecular formula is C22H29ClN4O3. The Kier molecular flexibility index (Phi) is 8.65. The third-order valence-corrected chi connectivity index (χ3v) is 4.19. The van der Waals surface area contributed by atoms with E-state index in [0.29, 0.717) is 28.6 Å². The van der Waals surface area contributed by atoms with Crippen LogP contribution in [0.5, 0.6) is 5.75 Å². The van der Waals surface area contributed by atoms with Gasteiger partial charge in [0.05, 0.1) is 6.21 Å². The lowest BCUT2D eigenvalue weighted by Crippen LogP contribution is -2.42. The van der Waals surface area contributed by atoms with Gasteiger partial charge in [-0.1, -0.05) is 29.3 Å². The Hall–Kier alpha value is -2.61. The van der Waals surface area contributed by atoms with Crippen LogP contribution in [0, 0.1) is 6.92 Å². The molecule has 1 unspecified atom stereocenters. The molecule has 2 aromatic carbocycles. The number of carbonyl (C=O) groups is 1. The van der Waals surface area contributed by atoms with Crippen LogP contribution in [0.15, 0.2) is 47.6 Å². The lowest BCUT2D eigenvalue weighted by atomic mass is 10.1. The number of β-amino-alcohol motifs (C(OH)–C–C–N with tert-alkyl or cyclic N) is 1. The number of benzene rings is 2. The van der Waals surface area contributed by atoms with Gasteiger partial charge in [-0.2, -0.15) is 5.10 Å². The summed E-state index contributed by atoms with van der Waals surface area (Å²) in [5.74, 6) is 0.499. The van der Waals surface area contributed by atoms with E-state index in [1.165, 1.54) is 6.21 Å². The van der Waals surface area contributed by atoms with E-state index in [4.69, 9.17) is 16.3 Å². The van der Waals surface area contributed by atoms with Crippen molar-refractivity contribution in [2.24, 2.45) is 5.10 Å². The van der Waals surface area contributed by atoms with E-state index in [1.54, 1.807) is 30.3 Å². The molecule has 0 saturated carbocycles. The summed E-state index contributed by atoms with van der Waals surface area (Å²) < 4.78 is 5.72. The molecule has 2 aromatic rings. The first-order valence-electron chi connectivity index (χ1n) is 9.64. The fraction of sp³-hybridized carbons (Fsp3) is 0.364. The molecule has 0 aromatic heterocycles. The summed E-state index contributed by atoms with van der Waals surface area (Å²) in [5, 5.41) is 20.5. The average molecular weight is 433 g/mol. The zero-order chi connectivity index (χ0) is 22.1. The molecule has 8 heteroatoms. The topological polar surface area (TPSA) is 95.0 Å². The van der Waals surface area contributed by atoms with Crippen molar-refractivity contribution in [1.29, 1.82) is 0 Å². The zero-order valence-electron chi connectivity index (χ0n) is 17.7. The van der Waals surface area contributed by atoms with E-state index in [9.17, 15) is 9.90 Å². The first kappa shape index (κ1) is 23.7. The van der Waals surface area contributed by atoms with Crippen LogP contribution in [0.25, 0.3) is 0 Å². The SMILES string of the molecule is Cc1ccc(NC(=O)N/N=C/c2cc(Cl)ccc2OCC(O)CNC(C)(C)C)cc1. The summed E-state index contributed by atoms with van der Waals surface area (Å²) >= 11 is 6.06. The number of carbonyl (C=O) groups excluding carboxylic acids is 1. The van der Waals surface area contributed by atoms with Crippen molar-refractivity contribution >= 4 is 29.5 Å².